The number of para-hydroxylation sites is 1. The van der Waals surface area contributed by atoms with E-state index in [9.17, 15) is 0 Å². The first-order valence-corrected chi connectivity index (χ1v) is 6.96. The fourth-order valence-electron chi connectivity index (χ4n) is 2.83. The lowest BCUT2D eigenvalue weighted by atomic mass is 9.99. The number of hydrogen-bond donors (Lipinski definition) is 1. The highest BCUT2D eigenvalue weighted by Crippen LogP contribution is 2.31. The Balaban J connectivity index is 1.54. The van der Waals surface area contributed by atoms with Gasteiger partial charge >= 0.3 is 0 Å². The molecule has 0 aromatic heterocycles. The number of nitrogens with one attached hydrogen (secondary N) is 1. The van der Waals surface area contributed by atoms with Gasteiger partial charge in [-0.3, -0.25) is 0 Å². The molecule has 0 radical (unpaired) electrons. The van der Waals surface area contributed by atoms with Crippen molar-refractivity contribution in [3.8, 4) is 5.75 Å². The molecular weight excluding hydrogens is 226 g/mol. The highest BCUT2D eigenvalue weighted by molar-refractivity contribution is 5.37. The van der Waals surface area contributed by atoms with Gasteiger partial charge in [0, 0.05) is 31.2 Å². The Morgan fingerprint density at radius 2 is 2.11 bits per heavy atom. The Morgan fingerprint density at radius 1 is 1.17 bits per heavy atom. The van der Waals surface area contributed by atoms with Gasteiger partial charge in [0.05, 0.1) is 6.61 Å². The summed E-state index contributed by atoms with van der Waals surface area (Å²) in [4.78, 5) is 0. The molecule has 2 atom stereocenters. The van der Waals surface area contributed by atoms with Crippen molar-refractivity contribution in [2.45, 2.75) is 25.3 Å². The number of ether oxygens (including phenoxy) is 2. The lowest BCUT2D eigenvalue weighted by Gasteiger charge is -2.27. The molecule has 2 unspecified atom stereocenters. The van der Waals surface area contributed by atoms with Crippen LogP contribution in [0.2, 0.25) is 0 Å². The van der Waals surface area contributed by atoms with E-state index in [1.807, 2.05) is 6.07 Å². The minimum Gasteiger partial charge on any atom is -0.493 e. The topological polar surface area (TPSA) is 30.5 Å². The molecule has 0 saturated carbocycles. The molecule has 3 nitrogen and oxygen atoms in total. The van der Waals surface area contributed by atoms with Crippen LogP contribution in [-0.4, -0.2) is 26.4 Å². The molecular formula is C15H21NO2. The average Bonchev–Trinajstić information content (AvgIpc) is 2.92. The largest absolute Gasteiger partial charge is 0.493 e. The van der Waals surface area contributed by atoms with Gasteiger partial charge in [0.25, 0.3) is 0 Å². The van der Waals surface area contributed by atoms with Crippen molar-refractivity contribution < 1.29 is 9.47 Å². The van der Waals surface area contributed by atoms with Gasteiger partial charge in [-0.15, -0.1) is 0 Å². The van der Waals surface area contributed by atoms with Crippen molar-refractivity contribution in [3.63, 3.8) is 0 Å². The second kappa shape index (κ2) is 5.72. The Hall–Kier alpha value is -1.06. The summed E-state index contributed by atoms with van der Waals surface area (Å²) in [5.41, 5.74) is 1.31. The van der Waals surface area contributed by atoms with Crippen LogP contribution in [0, 0.1) is 5.92 Å². The van der Waals surface area contributed by atoms with Crippen LogP contribution in [0.5, 0.6) is 5.75 Å². The number of rotatable bonds is 4. The summed E-state index contributed by atoms with van der Waals surface area (Å²) >= 11 is 0. The van der Waals surface area contributed by atoms with E-state index in [4.69, 9.17) is 9.47 Å². The van der Waals surface area contributed by atoms with Gasteiger partial charge in [0.2, 0.25) is 0 Å². The molecule has 0 spiro atoms. The lowest BCUT2D eigenvalue weighted by Crippen LogP contribution is -2.28. The van der Waals surface area contributed by atoms with Crippen LogP contribution in [-0.2, 0) is 4.74 Å². The normalized spacial score (nSPS) is 26.7. The summed E-state index contributed by atoms with van der Waals surface area (Å²) in [5.74, 6) is 1.80. The first-order chi connectivity index (χ1) is 8.93. The smallest absolute Gasteiger partial charge is 0.124 e. The van der Waals surface area contributed by atoms with E-state index < -0.39 is 0 Å². The van der Waals surface area contributed by atoms with Gasteiger partial charge in [0.1, 0.15) is 5.75 Å². The first-order valence-electron chi connectivity index (χ1n) is 6.96. The Morgan fingerprint density at radius 3 is 3.00 bits per heavy atom. The fraction of sp³-hybridized carbons (Fsp3) is 0.600. The number of fused-ring (bicyclic) bond motifs is 1. The van der Waals surface area contributed by atoms with Crippen molar-refractivity contribution in [3.05, 3.63) is 29.8 Å². The minimum atomic E-state index is 0.456. The van der Waals surface area contributed by atoms with Crippen molar-refractivity contribution in [1.29, 1.82) is 0 Å². The second-order valence-corrected chi connectivity index (χ2v) is 5.20. The van der Waals surface area contributed by atoms with Crippen LogP contribution in [0.25, 0.3) is 0 Å². The maximum absolute atomic E-state index is 5.67. The predicted octanol–water partition coefficient (Wildman–Crippen LogP) is 2.53. The lowest BCUT2D eigenvalue weighted by molar-refractivity contribution is 0.183. The van der Waals surface area contributed by atoms with E-state index in [1.165, 1.54) is 18.4 Å². The molecule has 3 heteroatoms. The zero-order valence-electron chi connectivity index (χ0n) is 10.7. The second-order valence-electron chi connectivity index (χ2n) is 5.20. The van der Waals surface area contributed by atoms with Crippen molar-refractivity contribution in [1.82, 2.24) is 5.32 Å². The molecule has 1 aromatic carbocycles. The van der Waals surface area contributed by atoms with Crippen LogP contribution in [0.4, 0.5) is 0 Å². The first kappa shape index (κ1) is 12.0. The fourth-order valence-corrected chi connectivity index (χ4v) is 2.83. The molecule has 1 aromatic rings. The van der Waals surface area contributed by atoms with Crippen LogP contribution in [0.15, 0.2) is 24.3 Å². The van der Waals surface area contributed by atoms with E-state index in [1.54, 1.807) is 0 Å². The van der Waals surface area contributed by atoms with Crippen molar-refractivity contribution in [2.75, 3.05) is 26.4 Å². The summed E-state index contributed by atoms with van der Waals surface area (Å²) in [5, 5.41) is 3.67. The van der Waals surface area contributed by atoms with E-state index in [0.717, 1.165) is 44.5 Å². The van der Waals surface area contributed by atoms with Gasteiger partial charge in [-0.2, -0.15) is 0 Å². The monoisotopic (exact) mass is 247 g/mol. The maximum Gasteiger partial charge on any atom is 0.124 e. The minimum absolute atomic E-state index is 0.456. The molecule has 1 N–H and O–H groups in total. The molecule has 1 fully saturated rings. The quantitative estimate of drug-likeness (QED) is 0.887. The molecule has 98 valence electrons. The van der Waals surface area contributed by atoms with E-state index in [2.05, 4.69) is 23.5 Å². The SMILES string of the molecule is c1ccc2c(c1)OCCC2NCCC1CCOC1. The highest BCUT2D eigenvalue weighted by atomic mass is 16.5. The Kier molecular flexibility index (Phi) is 3.81. The molecule has 2 heterocycles. The summed E-state index contributed by atoms with van der Waals surface area (Å²) in [7, 11) is 0. The molecule has 0 aliphatic carbocycles. The zero-order chi connectivity index (χ0) is 12.2. The Labute approximate surface area is 108 Å². The summed E-state index contributed by atoms with van der Waals surface area (Å²) in [6.07, 6.45) is 3.52. The third-order valence-corrected chi connectivity index (χ3v) is 3.93. The predicted molar refractivity (Wildman–Crippen MR) is 70.8 cm³/mol. The summed E-state index contributed by atoms with van der Waals surface area (Å²) < 4.78 is 11.1. The van der Waals surface area contributed by atoms with Crippen molar-refractivity contribution in [2.24, 2.45) is 5.92 Å². The molecule has 2 aliphatic heterocycles. The summed E-state index contributed by atoms with van der Waals surface area (Å²) in [6, 6.07) is 8.82. The van der Waals surface area contributed by atoms with Crippen molar-refractivity contribution >= 4 is 0 Å². The maximum atomic E-state index is 5.67. The van der Waals surface area contributed by atoms with Crippen LogP contribution < -0.4 is 10.1 Å². The van der Waals surface area contributed by atoms with Crippen LogP contribution in [0.1, 0.15) is 30.9 Å². The average molecular weight is 247 g/mol. The molecule has 3 rings (SSSR count). The third-order valence-electron chi connectivity index (χ3n) is 3.93. The van der Waals surface area contributed by atoms with Gasteiger partial charge in [-0.25, -0.2) is 0 Å². The highest BCUT2D eigenvalue weighted by Gasteiger charge is 2.21. The Bertz CT molecular complexity index is 388. The van der Waals surface area contributed by atoms with Gasteiger partial charge < -0.3 is 14.8 Å². The molecule has 2 aliphatic rings. The van der Waals surface area contributed by atoms with E-state index in [-0.39, 0.29) is 0 Å². The molecule has 0 bridgehead atoms. The summed E-state index contributed by atoms with van der Waals surface area (Å²) in [6.45, 7) is 3.80. The number of benzene rings is 1. The van der Waals surface area contributed by atoms with Crippen LogP contribution in [0.3, 0.4) is 0 Å². The molecule has 18 heavy (non-hydrogen) atoms. The van der Waals surface area contributed by atoms with E-state index in [0.29, 0.717) is 6.04 Å². The van der Waals surface area contributed by atoms with Gasteiger partial charge in [0.15, 0.2) is 0 Å². The number of hydrogen-bond acceptors (Lipinski definition) is 3. The molecule has 1 saturated heterocycles. The standard InChI is InChI=1S/C15H21NO2/c1-2-4-15-13(3-1)14(7-10-18-15)16-8-5-12-6-9-17-11-12/h1-4,12,14,16H,5-11H2. The third kappa shape index (κ3) is 2.68. The molecule has 0 amide bonds. The zero-order valence-corrected chi connectivity index (χ0v) is 10.7. The van der Waals surface area contributed by atoms with E-state index >= 15 is 0 Å². The van der Waals surface area contributed by atoms with Crippen LogP contribution >= 0.6 is 0 Å². The van der Waals surface area contributed by atoms with Gasteiger partial charge in [-0.1, -0.05) is 18.2 Å². The van der Waals surface area contributed by atoms with Gasteiger partial charge in [-0.05, 0) is 31.4 Å².